The third-order valence-corrected chi connectivity index (χ3v) is 5.97. The largest absolute Gasteiger partial charge is 0.481 e. The van der Waals surface area contributed by atoms with Gasteiger partial charge < -0.3 is 29.0 Å². The number of ketones is 1. The number of ether oxygens (including phenoxy) is 4. The Balaban J connectivity index is 0.000000514. The molecule has 0 fully saturated rings. The van der Waals surface area contributed by atoms with Gasteiger partial charge in [0.2, 0.25) is 5.91 Å². The van der Waals surface area contributed by atoms with E-state index < -0.39 is 24.5 Å². The van der Waals surface area contributed by atoms with Crippen molar-refractivity contribution >= 4 is 29.6 Å². The van der Waals surface area contributed by atoms with Crippen molar-refractivity contribution in [1.82, 2.24) is 14.9 Å². The first-order valence-corrected chi connectivity index (χ1v) is 13.4. The first-order valence-electron chi connectivity index (χ1n) is 13.4. The molecule has 1 amide bonds. The fraction of sp³-hybridized carbons (Fsp3) is 0.323. The lowest BCUT2D eigenvalue weighted by Gasteiger charge is -2.17. The Labute approximate surface area is 254 Å². The molecule has 0 unspecified atom stereocenters. The number of carbonyl (C=O) groups excluding carboxylic acids is 4. The van der Waals surface area contributed by atoms with Crippen LogP contribution in [0.5, 0.6) is 11.5 Å². The highest BCUT2D eigenvalue weighted by atomic mass is 16.6. The zero-order valence-corrected chi connectivity index (χ0v) is 24.8. The first kappa shape index (κ1) is 34.9. The molecule has 13 nitrogen and oxygen atoms in total. The molecule has 234 valence electrons. The maximum atomic E-state index is 12.7. The van der Waals surface area contributed by atoms with Crippen LogP contribution in [0.1, 0.15) is 34.3 Å². The molecule has 0 saturated carbocycles. The number of carboxylic acids is 1. The number of rotatable bonds is 15. The molecule has 0 radical (unpaired) electrons. The van der Waals surface area contributed by atoms with Crippen LogP contribution in [0.15, 0.2) is 67.3 Å². The van der Waals surface area contributed by atoms with E-state index >= 15 is 0 Å². The number of benzene rings is 1. The van der Waals surface area contributed by atoms with E-state index in [1.807, 2.05) is 24.3 Å². The second-order valence-corrected chi connectivity index (χ2v) is 9.17. The Morgan fingerprint density at radius 1 is 0.727 bits per heavy atom. The number of carbonyl (C=O) groups is 5. The number of likely N-dealkylation sites (N-methyl/N-ethyl adjacent to an activating group) is 1. The van der Waals surface area contributed by atoms with Crippen molar-refractivity contribution in [1.29, 1.82) is 0 Å². The van der Waals surface area contributed by atoms with Gasteiger partial charge in [-0.15, -0.1) is 0 Å². The van der Waals surface area contributed by atoms with Gasteiger partial charge >= 0.3 is 17.9 Å². The van der Waals surface area contributed by atoms with E-state index in [0.717, 1.165) is 11.1 Å². The minimum Gasteiger partial charge on any atom is -0.481 e. The molecule has 2 heterocycles. The van der Waals surface area contributed by atoms with Crippen LogP contribution in [0.4, 0.5) is 0 Å². The molecule has 2 aromatic heterocycles. The van der Waals surface area contributed by atoms with Gasteiger partial charge in [0, 0.05) is 50.2 Å². The highest BCUT2D eigenvalue weighted by molar-refractivity contribution is 5.99. The van der Waals surface area contributed by atoms with Crippen molar-refractivity contribution in [3.05, 3.63) is 83.9 Å². The summed E-state index contributed by atoms with van der Waals surface area (Å²) < 4.78 is 19.8. The van der Waals surface area contributed by atoms with E-state index in [-0.39, 0.29) is 54.7 Å². The predicted molar refractivity (Wildman–Crippen MR) is 156 cm³/mol. The summed E-state index contributed by atoms with van der Waals surface area (Å²) in [5, 5.41) is 8.36. The number of esters is 2. The van der Waals surface area contributed by atoms with Crippen LogP contribution in [-0.2, 0) is 41.5 Å². The molecule has 0 aliphatic rings. The second-order valence-electron chi connectivity index (χ2n) is 9.17. The fourth-order valence-corrected chi connectivity index (χ4v) is 3.49. The maximum Gasteiger partial charge on any atom is 0.343 e. The number of pyridine rings is 2. The van der Waals surface area contributed by atoms with Crippen LogP contribution in [0.3, 0.4) is 0 Å². The molecule has 1 N–H and O–H groups in total. The highest BCUT2D eigenvalue weighted by Gasteiger charge is 2.18. The zero-order chi connectivity index (χ0) is 32.3. The van der Waals surface area contributed by atoms with Crippen molar-refractivity contribution in [2.24, 2.45) is 0 Å². The zero-order valence-electron chi connectivity index (χ0n) is 24.8. The van der Waals surface area contributed by atoms with E-state index in [9.17, 15) is 24.0 Å². The van der Waals surface area contributed by atoms with Crippen LogP contribution >= 0.6 is 0 Å². The van der Waals surface area contributed by atoms with Gasteiger partial charge in [0.1, 0.15) is 0 Å². The van der Waals surface area contributed by atoms with Crippen LogP contribution in [-0.4, -0.2) is 90.6 Å². The predicted octanol–water partition coefficient (Wildman–Crippen LogP) is 2.56. The number of Topliss-reactive ketones (excluding diaryl/α,β-unsaturated/α-hetero) is 1. The van der Waals surface area contributed by atoms with E-state index in [1.54, 1.807) is 31.8 Å². The van der Waals surface area contributed by atoms with Gasteiger partial charge in [-0.2, -0.15) is 0 Å². The highest BCUT2D eigenvalue weighted by Crippen LogP contribution is 2.29. The lowest BCUT2D eigenvalue weighted by atomic mass is 10.1. The average molecular weight is 610 g/mol. The summed E-state index contributed by atoms with van der Waals surface area (Å²) in [5.74, 6) is -2.31. The monoisotopic (exact) mass is 609 g/mol. The topological polar surface area (TPSA) is 172 Å². The third-order valence-electron chi connectivity index (χ3n) is 5.97. The van der Waals surface area contributed by atoms with Gasteiger partial charge in [-0.25, -0.2) is 9.59 Å². The Bertz CT molecular complexity index is 1380. The molecule has 0 saturated heterocycles. The number of aryl methyl sites for hydroxylation is 2. The number of hydrogen-bond donors (Lipinski definition) is 1. The lowest BCUT2D eigenvalue weighted by Crippen LogP contribution is -2.32. The van der Waals surface area contributed by atoms with Gasteiger partial charge in [-0.1, -0.05) is 0 Å². The summed E-state index contributed by atoms with van der Waals surface area (Å²) in [6.07, 6.45) is 8.20. The Morgan fingerprint density at radius 3 is 1.73 bits per heavy atom. The molecule has 0 aliphatic heterocycles. The SMILES string of the molecule is COC(=O)COc1ccc(C(=O)CN(C)C(=O)CCc2ccncc2)cc1OCC(=O)OC.O=C(O)CCc1ccncc1. The van der Waals surface area contributed by atoms with Gasteiger partial charge in [0.15, 0.2) is 30.5 Å². The standard InChI is InChI=1S/C23H26N2O8.C8H9NO2/c1-25(21(27)7-4-16-8-10-24-11-9-16)13-18(26)17-5-6-19(32-14-22(28)30-2)20(12-17)33-15-23(29)31-3;10-8(11)2-1-7-3-5-9-6-4-7/h5-6,8-12H,4,7,13-15H2,1-3H3;3-6H,1-2H2,(H,10,11). The summed E-state index contributed by atoms with van der Waals surface area (Å²) >= 11 is 0. The molecule has 13 heteroatoms. The van der Waals surface area contributed by atoms with Crippen molar-refractivity contribution in [3.63, 3.8) is 0 Å². The van der Waals surface area contributed by atoms with Gasteiger partial charge in [-0.3, -0.25) is 24.4 Å². The van der Waals surface area contributed by atoms with E-state index in [0.29, 0.717) is 12.8 Å². The molecular weight excluding hydrogens is 574 g/mol. The number of nitrogens with zero attached hydrogens (tertiary/aromatic N) is 3. The first-order chi connectivity index (χ1) is 21.1. The molecule has 3 aromatic rings. The van der Waals surface area contributed by atoms with Crippen molar-refractivity contribution < 1.29 is 48.0 Å². The average Bonchev–Trinajstić information content (AvgIpc) is 3.05. The van der Waals surface area contributed by atoms with E-state index in [4.69, 9.17) is 14.6 Å². The quantitative estimate of drug-likeness (QED) is 0.197. The minimum atomic E-state index is -0.762. The molecule has 3 rings (SSSR count). The molecule has 44 heavy (non-hydrogen) atoms. The van der Waals surface area contributed by atoms with E-state index in [1.165, 1.54) is 37.3 Å². The summed E-state index contributed by atoms with van der Waals surface area (Å²) in [4.78, 5) is 67.2. The molecule has 0 bridgehead atoms. The lowest BCUT2D eigenvalue weighted by molar-refractivity contribution is -0.144. The third kappa shape index (κ3) is 13.1. The van der Waals surface area contributed by atoms with Crippen molar-refractivity contribution in [2.45, 2.75) is 25.7 Å². The van der Waals surface area contributed by atoms with Crippen LogP contribution in [0.25, 0.3) is 0 Å². The van der Waals surface area contributed by atoms with Crippen LogP contribution in [0.2, 0.25) is 0 Å². The van der Waals surface area contributed by atoms with Crippen LogP contribution < -0.4 is 9.47 Å². The van der Waals surface area contributed by atoms with Gasteiger partial charge in [0.05, 0.1) is 20.8 Å². The fourth-order valence-electron chi connectivity index (χ4n) is 3.49. The summed E-state index contributed by atoms with van der Waals surface area (Å²) in [6.45, 7) is -0.947. The summed E-state index contributed by atoms with van der Waals surface area (Å²) in [7, 11) is 3.98. The van der Waals surface area contributed by atoms with Crippen molar-refractivity contribution in [2.75, 3.05) is 41.0 Å². The molecular formula is C31H35N3O10. The molecule has 0 spiro atoms. The number of hydrogen-bond acceptors (Lipinski definition) is 11. The number of methoxy groups -OCH3 is 2. The molecule has 1 aromatic carbocycles. The number of carboxylic acid groups (broad SMARTS) is 1. The van der Waals surface area contributed by atoms with Crippen molar-refractivity contribution in [3.8, 4) is 11.5 Å². The minimum absolute atomic E-state index is 0.0711. The van der Waals surface area contributed by atoms with Crippen LogP contribution in [0, 0.1) is 0 Å². The Morgan fingerprint density at radius 2 is 1.23 bits per heavy atom. The summed E-state index contributed by atoms with van der Waals surface area (Å²) in [5.41, 5.74) is 2.24. The van der Waals surface area contributed by atoms with Gasteiger partial charge in [0.25, 0.3) is 0 Å². The molecule has 0 aliphatic carbocycles. The number of aromatic nitrogens is 2. The maximum absolute atomic E-state index is 12.7. The Kier molecular flexibility index (Phi) is 15.0. The van der Waals surface area contributed by atoms with E-state index in [2.05, 4.69) is 19.4 Å². The number of aliphatic carboxylic acids is 1. The molecule has 0 atom stereocenters. The second kappa shape index (κ2) is 19.0. The number of amides is 1. The normalized spacial score (nSPS) is 9.98. The van der Waals surface area contributed by atoms with Gasteiger partial charge in [-0.05, 0) is 66.4 Å². The smallest absolute Gasteiger partial charge is 0.343 e. The Hall–Kier alpha value is -5.33. The summed E-state index contributed by atoms with van der Waals surface area (Å²) in [6, 6.07) is 11.6.